The van der Waals surface area contributed by atoms with Gasteiger partial charge in [-0.25, -0.2) is 4.99 Å². The van der Waals surface area contributed by atoms with Crippen molar-refractivity contribution in [1.29, 1.82) is 0 Å². The molecule has 0 radical (unpaired) electrons. The molecule has 1 aliphatic carbocycles. The molecule has 114 valence electrons. The predicted octanol–water partition coefficient (Wildman–Crippen LogP) is 4.25. The van der Waals surface area contributed by atoms with Crippen LogP contribution in [0.3, 0.4) is 0 Å². The molecule has 0 heterocycles. The number of amides is 1. The zero-order valence-electron chi connectivity index (χ0n) is 13.1. The van der Waals surface area contributed by atoms with Crippen molar-refractivity contribution in [1.82, 2.24) is 0 Å². The lowest BCUT2D eigenvalue weighted by Crippen LogP contribution is -2.20. The number of Topliss-reactive ketones (excluding diaryl/α,β-unsaturated/α-hetero) is 1. The van der Waals surface area contributed by atoms with Crippen LogP contribution < -0.4 is 0 Å². The van der Waals surface area contributed by atoms with Crippen molar-refractivity contribution < 1.29 is 9.59 Å². The molecule has 1 aromatic rings. The summed E-state index contributed by atoms with van der Waals surface area (Å²) in [5.74, 6) is -0.534. The largest absolute Gasteiger partial charge is 0.288 e. The van der Waals surface area contributed by atoms with Crippen LogP contribution in [0.1, 0.15) is 36.7 Å². The molecule has 0 saturated heterocycles. The van der Waals surface area contributed by atoms with Gasteiger partial charge in [0.1, 0.15) is 0 Å². The molecule has 0 saturated carbocycles. The predicted molar refractivity (Wildman–Crippen MR) is 89.4 cm³/mol. The van der Waals surface area contributed by atoms with E-state index < -0.39 is 0 Å². The summed E-state index contributed by atoms with van der Waals surface area (Å²) in [6, 6.07) is 7.22. The summed E-state index contributed by atoms with van der Waals surface area (Å²) >= 11 is 6.17. The highest BCUT2D eigenvalue weighted by Gasteiger charge is 2.26. The number of rotatable bonds is 2. The Morgan fingerprint density at radius 3 is 2.27 bits per heavy atom. The van der Waals surface area contributed by atoms with Gasteiger partial charge in [0.15, 0.2) is 0 Å². The molecule has 0 fully saturated rings. The molecule has 0 spiro atoms. The van der Waals surface area contributed by atoms with Gasteiger partial charge in [-0.3, -0.25) is 9.59 Å². The molecule has 0 unspecified atom stereocenters. The normalized spacial score (nSPS) is 17.3. The molecule has 0 bridgehead atoms. The Morgan fingerprint density at radius 1 is 1.14 bits per heavy atom. The number of aliphatic imine (C=N–C) groups is 1. The molecule has 0 aliphatic heterocycles. The van der Waals surface area contributed by atoms with Crippen LogP contribution in [-0.2, 0) is 4.79 Å². The summed E-state index contributed by atoms with van der Waals surface area (Å²) in [4.78, 5) is 28.5. The Bertz CT molecular complexity index is 722. The average Bonchev–Trinajstić information content (AvgIpc) is 2.45. The average molecular weight is 316 g/mol. The molecule has 3 nitrogen and oxygen atoms in total. The molecule has 1 aliphatic rings. The van der Waals surface area contributed by atoms with Crippen molar-refractivity contribution in [2.45, 2.75) is 27.7 Å². The quantitative estimate of drug-likeness (QED) is 0.766. The monoisotopic (exact) mass is 315 g/mol. The third-order valence-corrected chi connectivity index (χ3v) is 3.90. The molecular weight excluding hydrogens is 298 g/mol. The summed E-state index contributed by atoms with van der Waals surface area (Å²) in [6.45, 7) is 7.47. The van der Waals surface area contributed by atoms with E-state index in [1.807, 2.05) is 32.9 Å². The first-order valence-corrected chi connectivity index (χ1v) is 7.51. The van der Waals surface area contributed by atoms with Crippen molar-refractivity contribution in [3.63, 3.8) is 0 Å². The molecule has 1 amide bonds. The molecule has 1 aromatic carbocycles. The van der Waals surface area contributed by atoms with Crippen LogP contribution in [-0.4, -0.2) is 17.4 Å². The maximum absolute atomic E-state index is 12.3. The fourth-order valence-corrected chi connectivity index (χ4v) is 2.73. The van der Waals surface area contributed by atoms with E-state index in [1.165, 1.54) is 0 Å². The van der Waals surface area contributed by atoms with Crippen molar-refractivity contribution >= 4 is 29.0 Å². The maximum atomic E-state index is 12.3. The number of nitrogens with zero attached hydrogens (tertiary/aromatic N) is 1. The number of carbonyl (C=O) groups excluding carboxylic acids is 2. The van der Waals surface area contributed by atoms with E-state index in [-0.39, 0.29) is 22.6 Å². The van der Waals surface area contributed by atoms with E-state index in [2.05, 4.69) is 4.99 Å². The fourth-order valence-electron chi connectivity index (χ4n) is 2.27. The second kappa shape index (κ2) is 6.41. The van der Waals surface area contributed by atoms with Gasteiger partial charge in [-0.15, -0.1) is 0 Å². The van der Waals surface area contributed by atoms with E-state index in [1.54, 1.807) is 25.1 Å². The topological polar surface area (TPSA) is 46.5 Å². The van der Waals surface area contributed by atoms with Gasteiger partial charge in [-0.05, 0) is 38.0 Å². The molecule has 0 aromatic heterocycles. The van der Waals surface area contributed by atoms with Crippen LogP contribution in [0.5, 0.6) is 0 Å². The lowest BCUT2D eigenvalue weighted by Gasteiger charge is -2.19. The van der Waals surface area contributed by atoms with Crippen LogP contribution in [0, 0.1) is 12.8 Å². The molecule has 0 atom stereocenters. The Hall–Kier alpha value is -2.00. The second-order valence-corrected chi connectivity index (χ2v) is 6.09. The Morgan fingerprint density at radius 2 is 1.73 bits per heavy atom. The minimum atomic E-state index is -0.337. The van der Waals surface area contributed by atoms with Crippen molar-refractivity contribution in [2.24, 2.45) is 10.9 Å². The summed E-state index contributed by atoms with van der Waals surface area (Å²) in [6.07, 6.45) is 1.63. The minimum absolute atomic E-state index is 0.00497. The highest BCUT2D eigenvalue weighted by Crippen LogP contribution is 2.28. The fraction of sp³-hybridized carbons (Fsp3) is 0.278. The number of allylic oxidation sites excluding steroid dienone is 4. The molecule has 22 heavy (non-hydrogen) atoms. The number of hydrogen-bond donors (Lipinski definition) is 0. The molecule has 0 N–H and O–H groups in total. The number of aryl methyl sites for hydroxylation is 1. The van der Waals surface area contributed by atoms with Crippen molar-refractivity contribution in [2.75, 3.05) is 0 Å². The van der Waals surface area contributed by atoms with Crippen molar-refractivity contribution in [3.05, 3.63) is 57.6 Å². The van der Waals surface area contributed by atoms with Gasteiger partial charge in [-0.1, -0.05) is 43.1 Å². The van der Waals surface area contributed by atoms with E-state index in [4.69, 9.17) is 11.6 Å². The summed E-state index contributed by atoms with van der Waals surface area (Å²) in [7, 11) is 0. The number of ketones is 1. The summed E-state index contributed by atoms with van der Waals surface area (Å²) in [5.41, 5.74) is 3.18. The number of halogens is 1. The van der Waals surface area contributed by atoms with E-state index >= 15 is 0 Å². The number of carbonyl (C=O) groups is 2. The van der Waals surface area contributed by atoms with Gasteiger partial charge >= 0.3 is 0 Å². The van der Waals surface area contributed by atoms with Gasteiger partial charge in [-0.2, -0.15) is 0 Å². The first-order chi connectivity index (χ1) is 10.3. The standard InChI is InChI=1S/C18H18ClNO2/c1-10(2)15-14(9-12(4)17(21)16(15)19)20-18(22)13-7-5-11(3)6-8-13/h5-10H,1-4H3. The van der Waals surface area contributed by atoms with Crippen LogP contribution >= 0.6 is 11.6 Å². The SMILES string of the molecule is CC1=CC(=NC(=O)c2ccc(C)cc2)C(C(C)C)=C(Cl)C1=O. The Balaban J connectivity index is 2.46. The molecule has 2 rings (SSSR count). The van der Waals surface area contributed by atoms with Crippen LogP contribution in [0.2, 0.25) is 0 Å². The van der Waals surface area contributed by atoms with Crippen LogP contribution in [0.15, 0.2) is 51.5 Å². The lowest BCUT2D eigenvalue weighted by atomic mass is 9.89. The molecule has 4 heteroatoms. The van der Waals surface area contributed by atoms with Crippen LogP contribution in [0.25, 0.3) is 0 Å². The van der Waals surface area contributed by atoms with Gasteiger partial charge in [0.05, 0.1) is 10.7 Å². The highest BCUT2D eigenvalue weighted by atomic mass is 35.5. The minimum Gasteiger partial charge on any atom is -0.288 e. The highest BCUT2D eigenvalue weighted by molar-refractivity contribution is 6.49. The lowest BCUT2D eigenvalue weighted by molar-refractivity contribution is -0.111. The first kappa shape index (κ1) is 16.4. The second-order valence-electron chi connectivity index (χ2n) is 5.71. The van der Waals surface area contributed by atoms with Gasteiger partial charge < -0.3 is 0 Å². The van der Waals surface area contributed by atoms with E-state index in [0.717, 1.165) is 5.56 Å². The third-order valence-electron chi connectivity index (χ3n) is 3.52. The van der Waals surface area contributed by atoms with Gasteiger partial charge in [0, 0.05) is 16.7 Å². The third kappa shape index (κ3) is 3.25. The van der Waals surface area contributed by atoms with E-state index in [0.29, 0.717) is 22.4 Å². The number of hydrogen-bond acceptors (Lipinski definition) is 2. The smallest absolute Gasteiger partial charge is 0.277 e. The van der Waals surface area contributed by atoms with Crippen molar-refractivity contribution in [3.8, 4) is 0 Å². The maximum Gasteiger partial charge on any atom is 0.277 e. The van der Waals surface area contributed by atoms with Gasteiger partial charge in [0.2, 0.25) is 5.78 Å². The number of benzene rings is 1. The Kier molecular flexibility index (Phi) is 4.77. The summed E-state index contributed by atoms with van der Waals surface area (Å²) < 4.78 is 0. The van der Waals surface area contributed by atoms with Crippen LogP contribution in [0.4, 0.5) is 0 Å². The Labute approximate surface area is 135 Å². The van der Waals surface area contributed by atoms with Gasteiger partial charge in [0.25, 0.3) is 5.91 Å². The first-order valence-electron chi connectivity index (χ1n) is 7.14. The molecular formula is C18H18ClNO2. The van der Waals surface area contributed by atoms with E-state index in [9.17, 15) is 9.59 Å². The summed E-state index contributed by atoms with van der Waals surface area (Å²) in [5, 5.41) is 0.158. The zero-order valence-corrected chi connectivity index (χ0v) is 13.9. The zero-order chi connectivity index (χ0) is 16.4.